The number of ether oxygens (including phenoxy) is 3. The molecule has 0 aliphatic heterocycles. The maximum absolute atomic E-state index is 12.9. The Morgan fingerprint density at radius 3 is 0.707 bits per heavy atom. The van der Waals surface area contributed by atoms with E-state index in [-0.39, 0.29) is 31.1 Å². The molecule has 0 rings (SSSR count). The highest BCUT2D eigenvalue weighted by atomic mass is 16.6. The molecule has 0 N–H and O–H groups in total. The van der Waals surface area contributed by atoms with Crippen LogP contribution in [0, 0.1) is 0 Å². The van der Waals surface area contributed by atoms with Gasteiger partial charge in [-0.05, 0) is 96.3 Å². The predicted molar refractivity (Wildman–Crippen MR) is 358 cm³/mol. The average Bonchev–Trinajstić information content (AvgIpc) is 3.47. The van der Waals surface area contributed by atoms with Crippen molar-refractivity contribution >= 4 is 17.9 Å². The Kier molecular flexibility index (Phi) is 67.6. The van der Waals surface area contributed by atoms with Gasteiger partial charge < -0.3 is 14.2 Å². The van der Waals surface area contributed by atoms with Crippen LogP contribution in [0.1, 0.15) is 374 Å². The molecule has 0 spiro atoms. The first-order chi connectivity index (χ1) is 40.5. The maximum atomic E-state index is 12.9. The maximum Gasteiger partial charge on any atom is 0.306 e. The first kappa shape index (κ1) is 78.8. The molecule has 0 heterocycles. The Hall–Kier alpha value is -3.15. The lowest BCUT2D eigenvalue weighted by molar-refractivity contribution is -0.167. The van der Waals surface area contributed by atoms with Crippen LogP contribution in [0.3, 0.4) is 0 Å². The molecule has 476 valence electrons. The summed E-state index contributed by atoms with van der Waals surface area (Å²) in [7, 11) is 0. The quantitative estimate of drug-likeness (QED) is 0.0261. The molecule has 1 atom stereocenters. The summed E-state index contributed by atoms with van der Waals surface area (Å²) in [6.45, 7) is 6.64. The van der Waals surface area contributed by atoms with Crippen LogP contribution in [0.25, 0.3) is 0 Å². The zero-order valence-electron chi connectivity index (χ0n) is 54.8. The molecule has 6 nitrogen and oxygen atoms in total. The smallest absolute Gasteiger partial charge is 0.306 e. The Bertz CT molecular complexity index is 1500. The summed E-state index contributed by atoms with van der Waals surface area (Å²) in [6, 6.07) is 0. The normalized spacial score (nSPS) is 12.5. The minimum Gasteiger partial charge on any atom is -0.462 e. The van der Waals surface area contributed by atoms with Crippen LogP contribution in [0.5, 0.6) is 0 Å². The average molecular weight is 1150 g/mol. The molecular weight excluding hydrogens is 1010 g/mol. The Labute approximate surface area is 510 Å². The molecular formula is C76H136O6. The van der Waals surface area contributed by atoms with Crippen LogP contribution in [0.15, 0.2) is 72.9 Å². The summed E-state index contributed by atoms with van der Waals surface area (Å²) in [5, 5.41) is 0. The van der Waals surface area contributed by atoms with Crippen molar-refractivity contribution in [3.63, 3.8) is 0 Å². The molecule has 0 aromatic rings. The number of carbonyl (C=O) groups excluding carboxylic acids is 3. The number of hydrogen-bond donors (Lipinski definition) is 0. The molecule has 1 unspecified atom stereocenters. The predicted octanol–water partition coefficient (Wildman–Crippen LogP) is 24.8. The second-order valence-corrected chi connectivity index (χ2v) is 24.1. The van der Waals surface area contributed by atoms with E-state index in [0.29, 0.717) is 19.3 Å². The van der Waals surface area contributed by atoms with Crippen LogP contribution in [-0.2, 0) is 28.6 Å². The first-order valence-electron chi connectivity index (χ1n) is 35.9. The lowest BCUT2D eigenvalue weighted by Crippen LogP contribution is -2.30. The summed E-state index contributed by atoms with van der Waals surface area (Å²) >= 11 is 0. The molecule has 0 radical (unpaired) electrons. The summed E-state index contributed by atoms with van der Waals surface area (Å²) in [5.41, 5.74) is 0. The van der Waals surface area contributed by atoms with Gasteiger partial charge >= 0.3 is 17.9 Å². The van der Waals surface area contributed by atoms with E-state index in [9.17, 15) is 14.4 Å². The summed E-state index contributed by atoms with van der Waals surface area (Å²) in [6.07, 6.45) is 92.2. The summed E-state index contributed by atoms with van der Waals surface area (Å²) in [4.78, 5) is 38.4. The highest BCUT2D eigenvalue weighted by molar-refractivity contribution is 5.71. The molecule has 0 amide bonds. The van der Waals surface area contributed by atoms with E-state index in [1.807, 2.05) is 0 Å². The zero-order chi connectivity index (χ0) is 59.2. The van der Waals surface area contributed by atoms with Crippen LogP contribution >= 0.6 is 0 Å². The van der Waals surface area contributed by atoms with Gasteiger partial charge in [0.1, 0.15) is 13.2 Å². The molecule has 82 heavy (non-hydrogen) atoms. The highest BCUT2D eigenvalue weighted by Crippen LogP contribution is 2.18. The zero-order valence-corrected chi connectivity index (χ0v) is 54.8. The van der Waals surface area contributed by atoms with Crippen molar-refractivity contribution in [1.82, 2.24) is 0 Å². The van der Waals surface area contributed by atoms with Crippen molar-refractivity contribution in [3.8, 4) is 0 Å². The van der Waals surface area contributed by atoms with Gasteiger partial charge in [0, 0.05) is 19.3 Å². The second-order valence-electron chi connectivity index (χ2n) is 24.1. The van der Waals surface area contributed by atoms with Gasteiger partial charge in [-0.25, -0.2) is 0 Å². The van der Waals surface area contributed by atoms with Gasteiger partial charge in [0.25, 0.3) is 0 Å². The van der Waals surface area contributed by atoms with Gasteiger partial charge in [0.2, 0.25) is 0 Å². The number of allylic oxidation sites excluding steroid dienone is 12. The molecule has 0 aliphatic rings. The van der Waals surface area contributed by atoms with E-state index in [1.54, 1.807) is 0 Å². The van der Waals surface area contributed by atoms with Crippen LogP contribution < -0.4 is 0 Å². The molecule has 0 aromatic carbocycles. The third-order valence-electron chi connectivity index (χ3n) is 15.9. The SMILES string of the molecule is CCCCC/C=C\C/C=C\C/C=C\CCCCCCCCC(=O)OC(COC(=O)CCCCCCCCCCCCCC)COC(=O)CCCCCCCCCCCCCCCCCCCC/C=C\C/C=C\C/C=C\CCCCCCC. The minimum atomic E-state index is -0.780. The molecule has 0 fully saturated rings. The summed E-state index contributed by atoms with van der Waals surface area (Å²) < 4.78 is 17.0. The van der Waals surface area contributed by atoms with Gasteiger partial charge in [0.05, 0.1) is 0 Å². The van der Waals surface area contributed by atoms with Crippen molar-refractivity contribution in [2.75, 3.05) is 13.2 Å². The van der Waals surface area contributed by atoms with E-state index in [0.717, 1.165) is 89.9 Å². The summed E-state index contributed by atoms with van der Waals surface area (Å²) in [5.74, 6) is -0.868. The van der Waals surface area contributed by atoms with Crippen molar-refractivity contribution in [1.29, 1.82) is 0 Å². The lowest BCUT2D eigenvalue weighted by atomic mass is 10.0. The van der Waals surface area contributed by atoms with E-state index >= 15 is 0 Å². The van der Waals surface area contributed by atoms with Crippen molar-refractivity contribution in [3.05, 3.63) is 72.9 Å². The fourth-order valence-corrected chi connectivity index (χ4v) is 10.5. The number of rotatable bonds is 66. The lowest BCUT2D eigenvalue weighted by Gasteiger charge is -2.18. The van der Waals surface area contributed by atoms with E-state index < -0.39 is 6.10 Å². The fourth-order valence-electron chi connectivity index (χ4n) is 10.5. The molecule has 0 bridgehead atoms. The largest absolute Gasteiger partial charge is 0.462 e. The monoisotopic (exact) mass is 1150 g/mol. The van der Waals surface area contributed by atoms with Gasteiger partial charge in [-0.2, -0.15) is 0 Å². The Morgan fingerprint density at radius 1 is 0.244 bits per heavy atom. The fraction of sp³-hybridized carbons (Fsp3) is 0.803. The van der Waals surface area contributed by atoms with Gasteiger partial charge in [-0.3, -0.25) is 14.4 Å². The van der Waals surface area contributed by atoms with Crippen LogP contribution in [0.2, 0.25) is 0 Å². The molecule has 0 saturated carbocycles. The topological polar surface area (TPSA) is 78.9 Å². The minimum absolute atomic E-state index is 0.0759. The highest BCUT2D eigenvalue weighted by Gasteiger charge is 2.19. The van der Waals surface area contributed by atoms with Gasteiger partial charge in [-0.1, -0.05) is 331 Å². The number of unbranched alkanes of at least 4 members (excludes halogenated alkanes) is 43. The van der Waals surface area contributed by atoms with E-state index in [1.165, 1.54) is 244 Å². The molecule has 6 heteroatoms. The van der Waals surface area contributed by atoms with Crippen molar-refractivity contribution in [2.24, 2.45) is 0 Å². The van der Waals surface area contributed by atoms with Crippen molar-refractivity contribution < 1.29 is 28.6 Å². The van der Waals surface area contributed by atoms with Gasteiger partial charge in [0.15, 0.2) is 6.10 Å². The van der Waals surface area contributed by atoms with Crippen molar-refractivity contribution in [2.45, 2.75) is 380 Å². The number of hydrogen-bond acceptors (Lipinski definition) is 6. The third-order valence-corrected chi connectivity index (χ3v) is 15.9. The number of carbonyl (C=O) groups is 3. The van der Waals surface area contributed by atoms with Gasteiger partial charge in [-0.15, -0.1) is 0 Å². The third kappa shape index (κ3) is 67.6. The molecule has 0 aromatic heterocycles. The van der Waals surface area contributed by atoms with E-state index in [2.05, 4.69) is 93.7 Å². The Morgan fingerprint density at radius 2 is 0.439 bits per heavy atom. The van der Waals surface area contributed by atoms with E-state index in [4.69, 9.17) is 14.2 Å². The van der Waals surface area contributed by atoms with Crippen LogP contribution in [0.4, 0.5) is 0 Å². The standard InChI is InChI=1S/C76H136O6/c1-4-7-10-13-16-19-22-25-27-29-31-32-33-34-35-36-37-38-39-40-41-42-43-44-46-47-49-51-54-57-60-63-66-69-75(78)81-72-73(71-80-74(77)68-65-62-59-56-53-24-21-18-15-12-9-6-3)82-76(79)70-67-64-61-58-55-52-50-48-45-30-28-26-23-20-17-14-11-8-5-2/h17,20,22,25-26,28-29,31,33-34,45,48,73H,4-16,18-19,21,23-24,27,30,32,35-44,46-47,49-72H2,1-3H3/b20-17-,25-22-,28-26-,31-29-,34-33-,48-45-. The Balaban J connectivity index is 4.16. The molecule has 0 saturated heterocycles. The second kappa shape index (κ2) is 70.3. The first-order valence-corrected chi connectivity index (χ1v) is 35.9. The molecule has 0 aliphatic carbocycles. The van der Waals surface area contributed by atoms with Crippen LogP contribution in [-0.4, -0.2) is 37.2 Å². The number of esters is 3.